The molecule has 0 unspecified atom stereocenters. The lowest BCUT2D eigenvalue weighted by Gasteiger charge is -2.09. The highest BCUT2D eigenvalue weighted by atomic mass is 32.1. The number of ether oxygens (including phenoxy) is 1. The summed E-state index contributed by atoms with van der Waals surface area (Å²) in [5, 5.41) is 9.84. The number of hydrazine groups is 1. The maximum absolute atomic E-state index is 11.9. The number of hydrogen-bond donors (Lipinski definition) is 2. The quantitative estimate of drug-likeness (QED) is 0.639. The molecule has 136 valence electrons. The Morgan fingerprint density at radius 2 is 1.81 bits per heavy atom. The number of aryl methyl sites for hydroxylation is 1. The van der Waals surface area contributed by atoms with E-state index >= 15 is 0 Å². The average Bonchev–Trinajstić information content (AvgIpc) is 3.12. The van der Waals surface area contributed by atoms with Gasteiger partial charge in [-0.15, -0.1) is 11.3 Å². The van der Waals surface area contributed by atoms with E-state index in [0.717, 1.165) is 15.2 Å². The minimum Gasteiger partial charge on any atom is -0.482 e. The summed E-state index contributed by atoms with van der Waals surface area (Å²) in [7, 11) is 0. The van der Waals surface area contributed by atoms with Gasteiger partial charge in [0.1, 0.15) is 11.8 Å². The molecule has 3 aromatic rings. The maximum atomic E-state index is 11.9. The van der Waals surface area contributed by atoms with Crippen LogP contribution in [0.1, 0.15) is 17.0 Å². The van der Waals surface area contributed by atoms with Crippen molar-refractivity contribution in [3.05, 3.63) is 59.1 Å². The van der Waals surface area contributed by atoms with Crippen molar-refractivity contribution in [2.45, 2.75) is 12.8 Å². The molecule has 2 amide bonds. The van der Waals surface area contributed by atoms with Gasteiger partial charge in [0.25, 0.3) is 5.91 Å². The number of carbonyl (C=O) groups excluding carboxylic acids is 2. The highest BCUT2D eigenvalue weighted by Gasteiger charge is 2.09. The van der Waals surface area contributed by atoms with Crippen LogP contribution in [0.4, 0.5) is 0 Å². The van der Waals surface area contributed by atoms with Crippen LogP contribution in [0, 0.1) is 11.3 Å². The molecule has 3 rings (SSSR count). The van der Waals surface area contributed by atoms with E-state index in [0.29, 0.717) is 17.7 Å². The summed E-state index contributed by atoms with van der Waals surface area (Å²) in [6, 6.07) is 16.4. The molecule has 0 saturated heterocycles. The van der Waals surface area contributed by atoms with Crippen molar-refractivity contribution in [3.63, 3.8) is 0 Å². The van der Waals surface area contributed by atoms with Crippen molar-refractivity contribution < 1.29 is 14.3 Å². The van der Waals surface area contributed by atoms with Crippen LogP contribution in [-0.4, -0.2) is 23.4 Å². The second-order valence-corrected chi connectivity index (χ2v) is 6.68. The second kappa shape index (κ2) is 8.78. The summed E-state index contributed by atoms with van der Waals surface area (Å²) >= 11 is 1.55. The molecule has 8 heteroatoms. The van der Waals surface area contributed by atoms with E-state index < -0.39 is 5.91 Å². The van der Waals surface area contributed by atoms with Gasteiger partial charge in [-0.25, -0.2) is 4.98 Å². The first-order valence-electron chi connectivity index (χ1n) is 8.20. The highest BCUT2D eigenvalue weighted by molar-refractivity contribution is 7.18. The molecule has 0 aliphatic carbocycles. The number of carbonyl (C=O) groups is 2. The number of rotatable bonds is 6. The third-order valence-electron chi connectivity index (χ3n) is 3.61. The Hall–Kier alpha value is -3.44. The number of aromatic nitrogens is 1. The molecule has 2 N–H and O–H groups in total. The van der Waals surface area contributed by atoms with Crippen molar-refractivity contribution in [1.82, 2.24) is 15.8 Å². The van der Waals surface area contributed by atoms with Gasteiger partial charge in [0.2, 0.25) is 5.91 Å². The van der Waals surface area contributed by atoms with E-state index in [1.807, 2.05) is 30.3 Å². The van der Waals surface area contributed by atoms with Crippen molar-refractivity contribution in [1.29, 1.82) is 5.26 Å². The number of nitrogens with zero attached hydrogens (tertiary/aromatic N) is 2. The second-order valence-electron chi connectivity index (χ2n) is 5.57. The van der Waals surface area contributed by atoms with Crippen LogP contribution in [0.3, 0.4) is 0 Å². The van der Waals surface area contributed by atoms with Crippen LogP contribution in [0.2, 0.25) is 0 Å². The highest BCUT2D eigenvalue weighted by Crippen LogP contribution is 2.22. The van der Waals surface area contributed by atoms with Crippen LogP contribution in [-0.2, 0) is 16.0 Å². The van der Waals surface area contributed by atoms with Gasteiger partial charge in [-0.05, 0) is 24.3 Å². The Labute approximate surface area is 159 Å². The fraction of sp³-hybridized carbons (Fsp3) is 0.158. The number of thiazole rings is 1. The first-order chi connectivity index (χ1) is 13.2. The zero-order valence-electron chi connectivity index (χ0n) is 14.3. The van der Waals surface area contributed by atoms with E-state index in [1.54, 1.807) is 35.6 Å². The van der Waals surface area contributed by atoms with E-state index in [-0.39, 0.29) is 18.9 Å². The van der Waals surface area contributed by atoms with E-state index in [9.17, 15) is 9.59 Å². The number of benzene rings is 2. The maximum Gasteiger partial charge on any atom is 0.276 e. The first-order valence-corrected chi connectivity index (χ1v) is 9.01. The van der Waals surface area contributed by atoms with Crippen LogP contribution in [0.5, 0.6) is 5.75 Å². The lowest BCUT2D eigenvalue weighted by atomic mass is 10.2. The minimum absolute atomic E-state index is 0.207. The van der Waals surface area contributed by atoms with Crippen LogP contribution >= 0.6 is 11.3 Å². The Bertz CT molecular complexity index is 976. The number of nitrogens with one attached hydrogen (secondary N) is 2. The van der Waals surface area contributed by atoms with Gasteiger partial charge in [0.15, 0.2) is 6.61 Å². The number of nitriles is 1. The van der Waals surface area contributed by atoms with Gasteiger partial charge in [-0.3, -0.25) is 20.4 Å². The molecule has 0 atom stereocenters. The van der Waals surface area contributed by atoms with Crippen LogP contribution in [0.25, 0.3) is 10.2 Å². The molecule has 0 aliphatic heterocycles. The van der Waals surface area contributed by atoms with E-state index in [2.05, 4.69) is 15.8 Å². The predicted octanol–water partition coefficient (Wildman–Crippen LogP) is 2.33. The van der Waals surface area contributed by atoms with Crippen molar-refractivity contribution in [2.24, 2.45) is 0 Å². The summed E-state index contributed by atoms with van der Waals surface area (Å²) in [6.45, 7) is -0.309. The van der Waals surface area contributed by atoms with E-state index in [4.69, 9.17) is 10.00 Å². The van der Waals surface area contributed by atoms with Gasteiger partial charge in [0.05, 0.1) is 20.8 Å². The van der Waals surface area contributed by atoms with Crippen molar-refractivity contribution >= 4 is 33.4 Å². The summed E-state index contributed by atoms with van der Waals surface area (Å²) in [5.74, 6) is -0.520. The molecule has 27 heavy (non-hydrogen) atoms. The third kappa shape index (κ3) is 5.03. The Morgan fingerprint density at radius 1 is 1.07 bits per heavy atom. The molecule has 0 radical (unpaired) electrons. The SMILES string of the molecule is N#Cc1ccccc1OCC(=O)NNC(=O)CCc1nc2ccccc2s1. The number of amides is 2. The monoisotopic (exact) mass is 380 g/mol. The average molecular weight is 380 g/mol. The summed E-state index contributed by atoms with van der Waals surface area (Å²) in [5.41, 5.74) is 5.89. The largest absolute Gasteiger partial charge is 0.482 e. The molecule has 2 aromatic carbocycles. The molecule has 0 spiro atoms. The standard InChI is InChI=1S/C19H16N4O3S/c20-11-13-5-1-3-7-15(13)26-12-18(25)23-22-17(24)9-10-19-21-14-6-2-4-8-16(14)27-19/h1-8H,9-10,12H2,(H,22,24)(H,23,25). The molecule has 0 bridgehead atoms. The number of hydrogen-bond acceptors (Lipinski definition) is 6. The molecule has 1 aromatic heterocycles. The summed E-state index contributed by atoms with van der Waals surface area (Å²) in [6.07, 6.45) is 0.700. The number of para-hydroxylation sites is 2. The zero-order chi connectivity index (χ0) is 19.1. The lowest BCUT2D eigenvalue weighted by molar-refractivity contribution is -0.130. The van der Waals surface area contributed by atoms with Gasteiger partial charge in [-0.1, -0.05) is 24.3 Å². The summed E-state index contributed by atoms with van der Waals surface area (Å²) in [4.78, 5) is 28.1. The fourth-order valence-electron chi connectivity index (χ4n) is 2.31. The van der Waals surface area contributed by atoms with Gasteiger partial charge < -0.3 is 4.74 Å². The number of fused-ring (bicyclic) bond motifs is 1. The van der Waals surface area contributed by atoms with Gasteiger partial charge in [-0.2, -0.15) is 5.26 Å². The van der Waals surface area contributed by atoms with Crippen molar-refractivity contribution in [3.8, 4) is 11.8 Å². The lowest BCUT2D eigenvalue weighted by Crippen LogP contribution is -2.43. The minimum atomic E-state index is -0.518. The molecular formula is C19H16N4O3S. The molecule has 0 saturated carbocycles. The molecule has 1 heterocycles. The van der Waals surface area contributed by atoms with Gasteiger partial charge in [0, 0.05) is 12.8 Å². The molecular weight excluding hydrogens is 364 g/mol. The normalized spacial score (nSPS) is 10.2. The van der Waals surface area contributed by atoms with Crippen LogP contribution < -0.4 is 15.6 Å². The first kappa shape index (κ1) is 18.4. The Balaban J connectivity index is 1.40. The zero-order valence-corrected chi connectivity index (χ0v) is 15.1. The topological polar surface area (TPSA) is 104 Å². The third-order valence-corrected chi connectivity index (χ3v) is 4.71. The van der Waals surface area contributed by atoms with Crippen molar-refractivity contribution in [2.75, 3.05) is 6.61 Å². The predicted molar refractivity (Wildman–Crippen MR) is 101 cm³/mol. The fourth-order valence-corrected chi connectivity index (χ4v) is 3.28. The van der Waals surface area contributed by atoms with Crippen LogP contribution in [0.15, 0.2) is 48.5 Å². The Morgan fingerprint density at radius 3 is 2.63 bits per heavy atom. The molecule has 7 nitrogen and oxygen atoms in total. The summed E-state index contributed by atoms with van der Waals surface area (Å²) < 4.78 is 6.37. The molecule has 0 fully saturated rings. The van der Waals surface area contributed by atoms with E-state index in [1.165, 1.54) is 0 Å². The smallest absolute Gasteiger partial charge is 0.276 e. The van der Waals surface area contributed by atoms with Gasteiger partial charge >= 0.3 is 0 Å². The molecule has 0 aliphatic rings. The Kier molecular flexibility index (Phi) is 5.97.